The number of piperidine rings is 1. The van der Waals surface area contributed by atoms with Gasteiger partial charge < -0.3 is 19.9 Å². The Balaban J connectivity index is 1.56. The van der Waals surface area contributed by atoms with Gasteiger partial charge in [-0.3, -0.25) is 4.79 Å². The minimum Gasteiger partial charge on any atom is -0.497 e. The SMILES string of the molecule is COc1ccc(NC(=S)N2CCCC(C(=O)N3CCCC3)C2)cc1. The molecule has 1 N–H and O–H groups in total. The van der Waals surface area contributed by atoms with E-state index in [1.807, 2.05) is 29.2 Å². The first kappa shape index (κ1) is 17.0. The number of likely N-dealkylation sites (tertiary alicyclic amines) is 2. The Labute approximate surface area is 149 Å². The fraction of sp³-hybridized carbons (Fsp3) is 0.556. The maximum Gasteiger partial charge on any atom is 0.227 e. The summed E-state index contributed by atoms with van der Waals surface area (Å²) in [6.07, 6.45) is 4.25. The Morgan fingerprint density at radius 1 is 1.12 bits per heavy atom. The van der Waals surface area contributed by atoms with Gasteiger partial charge in [0.15, 0.2) is 5.11 Å². The van der Waals surface area contributed by atoms with Crippen molar-refractivity contribution < 1.29 is 9.53 Å². The number of nitrogens with one attached hydrogen (secondary N) is 1. The molecule has 0 aliphatic carbocycles. The number of benzene rings is 1. The molecule has 1 aromatic carbocycles. The zero-order valence-electron chi connectivity index (χ0n) is 14.2. The van der Waals surface area contributed by atoms with Crippen LogP contribution in [0.5, 0.6) is 5.75 Å². The van der Waals surface area contributed by atoms with Crippen molar-refractivity contribution in [2.45, 2.75) is 25.7 Å². The summed E-state index contributed by atoms with van der Waals surface area (Å²) in [4.78, 5) is 16.8. The van der Waals surface area contributed by atoms with Crippen LogP contribution in [0.4, 0.5) is 5.69 Å². The van der Waals surface area contributed by atoms with Gasteiger partial charge in [-0.05, 0) is 62.2 Å². The van der Waals surface area contributed by atoms with Crippen LogP contribution in [0.25, 0.3) is 0 Å². The third-order valence-corrected chi connectivity index (χ3v) is 5.18. The normalized spacial score (nSPS) is 20.8. The van der Waals surface area contributed by atoms with Gasteiger partial charge in [-0.15, -0.1) is 0 Å². The van der Waals surface area contributed by atoms with E-state index < -0.39 is 0 Å². The van der Waals surface area contributed by atoms with Gasteiger partial charge in [0.05, 0.1) is 13.0 Å². The van der Waals surface area contributed by atoms with Crippen LogP contribution in [0.15, 0.2) is 24.3 Å². The first-order chi connectivity index (χ1) is 11.7. The molecule has 2 aliphatic heterocycles. The van der Waals surface area contributed by atoms with E-state index in [1.54, 1.807) is 7.11 Å². The van der Waals surface area contributed by atoms with Crippen LogP contribution in [-0.4, -0.2) is 54.1 Å². The molecule has 130 valence electrons. The Kier molecular flexibility index (Phi) is 5.56. The van der Waals surface area contributed by atoms with Crippen LogP contribution in [0, 0.1) is 5.92 Å². The van der Waals surface area contributed by atoms with Crippen molar-refractivity contribution in [1.29, 1.82) is 0 Å². The van der Waals surface area contributed by atoms with Crippen LogP contribution >= 0.6 is 12.2 Å². The second kappa shape index (κ2) is 7.83. The van der Waals surface area contributed by atoms with Gasteiger partial charge >= 0.3 is 0 Å². The lowest BCUT2D eigenvalue weighted by Crippen LogP contribution is -2.47. The lowest BCUT2D eigenvalue weighted by atomic mass is 9.97. The van der Waals surface area contributed by atoms with E-state index in [0.717, 1.165) is 63.3 Å². The van der Waals surface area contributed by atoms with E-state index >= 15 is 0 Å². The second-order valence-electron chi connectivity index (χ2n) is 6.48. The highest BCUT2D eigenvalue weighted by atomic mass is 32.1. The van der Waals surface area contributed by atoms with E-state index in [2.05, 4.69) is 10.2 Å². The zero-order chi connectivity index (χ0) is 16.9. The third kappa shape index (κ3) is 3.98. The van der Waals surface area contributed by atoms with E-state index in [-0.39, 0.29) is 5.92 Å². The van der Waals surface area contributed by atoms with Crippen molar-refractivity contribution >= 4 is 28.9 Å². The first-order valence-electron chi connectivity index (χ1n) is 8.66. The molecule has 5 nitrogen and oxygen atoms in total. The van der Waals surface area contributed by atoms with Crippen LogP contribution < -0.4 is 10.1 Å². The molecule has 0 bridgehead atoms. The Morgan fingerprint density at radius 2 is 1.79 bits per heavy atom. The number of nitrogens with zero attached hydrogens (tertiary/aromatic N) is 2. The fourth-order valence-corrected chi connectivity index (χ4v) is 3.72. The minimum absolute atomic E-state index is 0.0764. The lowest BCUT2D eigenvalue weighted by Gasteiger charge is -2.35. The number of carbonyl (C=O) groups excluding carboxylic acids is 1. The molecule has 1 atom stereocenters. The molecule has 2 saturated heterocycles. The van der Waals surface area contributed by atoms with Crippen molar-refractivity contribution in [2.75, 3.05) is 38.6 Å². The van der Waals surface area contributed by atoms with Crippen molar-refractivity contribution in [3.8, 4) is 5.75 Å². The quantitative estimate of drug-likeness (QED) is 0.852. The molecular weight excluding hydrogens is 322 g/mol. The molecule has 0 spiro atoms. The van der Waals surface area contributed by atoms with Gasteiger partial charge in [0, 0.05) is 31.9 Å². The summed E-state index contributed by atoms with van der Waals surface area (Å²) < 4.78 is 5.17. The Morgan fingerprint density at radius 3 is 2.46 bits per heavy atom. The molecule has 2 aliphatic rings. The molecule has 6 heteroatoms. The average molecular weight is 347 g/mol. The number of anilines is 1. The predicted molar refractivity (Wildman–Crippen MR) is 99.3 cm³/mol. The molecule has 3 rings (SSSR count). The molecule has 2 fully saturated rings. The Hall–Kier alpha value is -1.82. The molecule has 1 aromatic rings. The van der Waals surface area contributed by atoms with Gasteiger partial charge in [0.2, 0.25) is 5.91 Å². The van der Waals surface area contributed by atoms with E-state index in [1.165, 1.54) is 0 Å². The number of amides is 1. The topological polar surface area (TPSA) is 44.8 Å². The molecule has 0 saturated carbocycles. The van der Waals surface area contributed by atoms with Crippen LogP contribution in [0.1, 0.15) is 25.7 Å². The number of thiocarbonyl (C=S) groups is 1. The summed E-state index contributed by atoms with van der Waals surface area (Å²) in [6.45, 7) is 3.47. The van der Waals surface area contributed by atoms with Gasteiger partial charge in [-0.1, -0.05) is 0 Å². The number of methoxy groups -OCH3 is 1. The molecule has 24 heavy (non-hydrogen) atoms. The van der Waals surface area contributed by atoms with Gasteiger partial charge in [-0.25, -0.2) is 0 Å². The predicted octanol–water partition coefficient (Wildman–Crippen LogP) is 2.73. The van der Waals surface area contributed by atoms with Crippen molar-refractivity contribution in [2.24, 2.45) is 5.92 Å². The lowest BCUT2D eigenvalue weighted by molar-refractivity contribution is -0.135. The Bertz CT molecular complexity index is 584. The third-order valence-electron chi connectivity index (χ3n) is 4.82. The molecule has 2 heterocycles. The number of hydrogen-bond donors (Lipinski definition) is 1. The summed E-state index contributed by atoms with van der Waals surface area (Å²) >= 11 is 5.55. The minimum atomic E-state index is 0.0764. The van der Waals surface area contributed by atoms with Gasteiger partial charge in [0.1, 0.15) is 5.75 Å². The van der Waals surface area contributed by atoms with E-state index in [9.17, 15) is 4.79 Å². The largest absolute Gasteiger partial charge is 0.497 e. The maximum atomic E-state index is 12.6. The first-order valence-corrected chi connectivity index (χ1v) is 9.07. The highest BCUT2D eigenvalue weighted by molar-refractivity contribution is 7.80. The molecule has 1 amide bonds. The highest BCUT2D eigenvalue weighted by Crippen LogP contribution is 2.22. The summed E-state index contributed by atoms with van der Waals surface area (Å²) in [5.74, 6) is 1.21. The van der Waals surface area contributed by atoms with Crippen molar-refractivity contribution in [3.63, 3.8) is 0 Å². The number of carbonyl (C=O) groups is 1. The molecular formula is C18H25N3O2S. The summed E-state index contributed by atoms with van der Waals surface area (Å²) in [6, 6.07) is 7.70. The van der Waals surface area contributed by atoms with Crippen LogP contribution in [0.2, 0.25) is 0 Å². The monoisotopic (exact) mass is 347 g/mol. The maximum absolute atomic E-state index is 12.6. The summed E-state index contributed by atoms with van der Waals surface area (Å²) in [5.41, 5.74) is 0.939. The van der Waals surface area contributed by atoms with Crippen molar-refractivity contribution in [3.05, 3.63) is 24.3 Å². The number of ether oxygens (including phenoxy) is 1. The van der Waals surface area contributed by atoms with E-state index in [4.69, 9.17) is 17.0 Å². The molecule has 0 radical (unpaired) electrons. The second-order valence-corrected chi connectivity index (χ2v) is 6.86. The fourth-order valence-electron chi connectivity index (χ4n) is 3.44. The standard InChI is InChI=1S/C18H25N3O2S/c1-23-16-8-6-15(7-9-16)19-18(24)21-12-4-5-14(13-21)17(22)20-10-2-3-11-20/h6-9,14H,2-5,10-13H2,1H3,(H,19,24). The summed E-state index contributed by atoms with van der Waals surface area (Å²) in [5, 5.41) is 3.96. The zero-order valence-corrected chi connectivity index (χ0v) is 15.0. The van der Waals surface area contributed by atoms with Gasteiger partial charge in [0.25, 0.3) is 0 Å². The van der Waals surface area contributed by atoms with E-state index in [0.29, 0.717) is 11.0 Å². The smallest absolute Gasteiger partial charge is 0.227 e. The molecule has 0 aromatic heterocycles. The highest BCUT2D eigenvalue weighted by Gasteiger charge is 2.31. The average Bonchev–Trinajstić information content (AvgIpc) is 3.16. The van der Waals surface area contributed by atoms with Crippen molar-refractivity contribution in [1.82, 2.24) is 9.80 Å². The summed E-state index contributed by atoms with van der Waals surface area (Å²) in [7, 11) is 1.65. The van der Waals surface area contributed by atoms with Gasteiger partial charge in [-0.2, -0.15) is 0 Å². The molecule has 1 unspecified atom stereocenters. The number of rotatable bonds is 3. The van der Waals surface area contributed by atoms with Crippen LogP contribution in [0.3, 0.4) is 0 Å². The van der Waals surface area contributed by atoms with Crippen LogP contribution in [-0.2, 0) is 4.79 Å². The number of hydrogen-bond acceptors (Lipinski definition) is 3.